The second-order valence-electron chi connectivity index (χ2n) is 6.01. The molecular formula is C12H21NO4. The van der Waals surface area contributed by atoms with Crippen molar-refractivity contribution in [2.75, 3.05) is 6.54 Å². The third-order valence-corrected chi connectivity index (χ3v) is 4.17. The third-order valence-electron chi connectivity index (χ3n) is 4.17. The summed E-state index contributed by atoms with van der Waals surface area (Å²) in [4.78, 5) is 23.2. The van der Waals surface area contributed by atoms with Gasteiger partial charge in [-0.05, 0) is 33.6 Å². The fourth-order valence-electron chi connectivity index (χ4n) is 3.17. The Morgan fingerprint density at radius 3 is 2.12 bits per heavy atom. The number of hydrogen-bond acceptors (Lipinski definition) is 3. The fourth-order valence-corrected chi connectivity index (χ4v) is 3.17. The molecule has 1 fully saturated rings. The van der Waals surface area contributed by atoms with Gasteiger partial charge in [-0.3, -0.25) is 4.48 Å². The predicted octanol–water partition coefficient (Wildman–Crippen LogP) is 0.972. The van der Waals surface area contributed by atoms with Crippen molar-refractivity contribution in [2.24, 2.45) is 0 Å². The van der Waals surface area contributed by atoms with E-state index in [1.165, 1.54) is 6.92 Å². The number of carboxylic acid groups (broad SMARTS) is 2. The molecule has 0 saturated carbocycles. The molecular weight excluding hydrogens is 222 g/mol. The summed E-state index contributed by atoms with van der Waals surface area (Å²) in [7, 11) is 0. The van der Waals surface area contributed by atoms with E-state index in [0.717, 1.165) is 6.42 Å². The first kappa shape index (κ1) is 14.0. The van der Waals surface area contributed by atoms with E-state index < -0.39 is 27.6 Å². The van der Waals surface area contributed by atoms with E-state index in [4.69, 9.17) is 0 Å². The highest BCUT2D eigenvalue weighted by molar-refractivity contribution is 5.79. The van der Waals surface area contributed by atoms with Gasteiger partial charge in [-0.25, -0.2) is 4.79 Å². The highest BCUT2D eigenvalue weighted by Gasteiger charge is 2.61. The molecule has 1 aliphatic rings. The molecule has 1 amide bonds. The molecule has 5 heteroatoms. The quantitative estimate of drug-likeness (QED) is 0.696. The Labute approximate surface area is 102 Å². The first-order valence-corrected chi connectivity index (χ1v) is 5.93. The van der Waals surface area contributed by atoms with Crippen LogP contribution in [0, 0.1) is 0 Å². The van der Waals surface area contributed by atoms with Crippen LogP contribution in [0.2, 0.25) is 0 Å². The van der Waals surface area contributed by atoms with Crippen LogP contribution in [0.15, 0.2) is 0 Å². The molecule has 1 aliphatic heterocycles. The minimum atomic E-state index is -1.31. The molecule has 1 heterocycles. The number of carboxylic acids is 1. The Morgan fingerprint density at radius 2 is 1.82 bits per heavy atom. The SMILES string of the molecule is CC(C)(C)[N+]1(C(=O)[O-])CCCCC1(C)C(=O)O. The summed E-state index contributed by atoms with van der Waals surface area (Å²) in [5.41, 5.74) is -2.01. The van der Waals surface area contributed by atoms with Crippen molar-refractivity contribution in [1.29, 1.82) is 0 Å². The van der Waals surface area contributed by atoms with Crippen LogP contribution < -0.4 is 5.11 Å². The smallest absolute Gasteiger partial charge is 0.365 e. The summed E-state index contributed by atoms with van der Waals surface area (Å²) in [5, 5.41) is 21.1. The van der Waals surface area contributed by atoms with Gasteiger partial charge in [-0.2, -0.15) is 0 Å². The molecule has 98 valence electrons. The number of piperidine rings is 1. The van der Waals surface area contributed by atoms with Crippen molar-refractivity contribution < 1.29 is 24.3 Å². The zero-order valence-electron chi connectivity index (χ0n) is 10.9. The van der Waals surface area contributed by atoms with E-state index in [1.54, 1.807) is 20.8 Å². The Morgan fingerprint density at radius 1 is 1.29 bits per heavy atom. The molecule has 0 spiro atoms. The maximum absolute atomic E-state index is 11.6. The van der Waals surface area contributed by atoms with Crippen LogP contribution in [-0.2, 0) is 4.79 Å². The van der Waals surface area contributed by atoms with Gasteiger partial charge >= 0.3 is 5.97 Å². The molecule has 0 radical (unpaired) electrons. The van der Waals surface area contributed by atoms with Crippen LogP contribution in [0.4, 0.5) is 4.79 Å². The van der Waals surface area contributed by atoms with Gasteiger partial charge in [0, 0.05) is 13.3 Å². The summed E-state index contributed by atoms with van der Waals surface area (Å²) in [6.45, 7) is 7.12. The van der Waals surface area contributed by atoms with Crippen molar-refractivity contribution in [2.45, 2.75) is 58.0 Å². The van der Waals surface area contributed by atoms with Crippen LogP contribution in [0.1, 0.15) is 47.0 Å². The van der Waals surface area contributed by atoms with Crippen LogP contribution in [-0.4, -0.2) is 39.3 Å². The van der Waals surface area contributed by atoms with E-state index >= 15 is 0 Å². The van der Waals surface area contributed by atoms with Crippen molar-refractivity contribution in [3.05, 3.63) is 0 Å². The number of quaternary nitrogens is 1. The van der Waals surface area contributed by atoms with Gasteiger partial charge in [0.25, 0.3) is 6.09 Å². The normalized spacial score (nSPS) is 34.4. The van der Waals surface area contributed by atoms with Gasteiger partial charge in [-0.1, -0.05) is 0 Å². The maximum atomic E-state index is 11.6. The Kier molecular flexibility index (Phi) is 3.27. The molecule has 0 aromatic carbocycles. The highest BCUT2D eigenvalue weighted by atomic mass is 16.4. The zero-order valence-corrected chi connectivity index (χ0v) is 10.9. The second-order valence-corrected chi connectivity index (χ2v) is 6.01. The molecule has 2 atom stereocenters. The van der Waals surface area contributed by atoms with E-state index in [1.807, 2.05) is 0 Å². The van der Waals surface area contributed by atoms with Crippen LogP contribution in [0.25, 0.3) is 0 Å². The lowest BCUT2D eigenvalue weighted by Crippen LogP contribution is -2.80. The Hall–Kier alpha value is -1.10. The van der Waals surface area contributed by atoms with Gasteiger partial charge in [0.1, 0.15) is 0 Å². The van der Waals surface area contributed by atoms with Crippen LogP contribution >= 0.6 is 0 Å². The number of rotatable bonds is 1. The molecule has 1 rings (SSSR count). The number of carbonyl (C=O) groups is 2. The van der Waals surface area contributed by atoms with Crippen molar-refractivity contribution >= 4 is 12.1 Å². The van der Waals surface area contributed by atoms with Crippen LogP contribution in [0.5, 0.6) is 0 Å². The van der Waals surface area contributed by atoms with Gasteiger partial charge in [0.2, 0.25) is 5.54 Å². The summed E-state index contributed by atoms with van der Waals surface area (Å²) in [6, 6.07) is 0. The molecule has 1 N–H and O–H groups in total. The lowest BCUT2D eigenvalue weighted by Gasteiger charge is -2.58. The number of amides is 1. The Balaban J connectivity index is 3.45. The number of hydrogen-bond donors (Lipinski definition) is 1. The zero-order chi connectivity index (χ0) is 13.5. The summed E-state index contributed by atoms with van der Waals surface area (Å²) in [6.07, 6.45) is 0.538. The molecule has 0 aliphatic carbocycles. The monoisotopic (exact) mass is 243 g/mol. The Bertz CT molecular complexity index is 347. The minimum absolute atomic E-state index is 0.314. The average Bonchev–Trinajstić information content (AvgIpc) is 2.15. The lowest BCUT2D eigenvalue weighted by atomic mass is 9.80. The van der Waals surface area contributed by atoms with Crippen LogP contribution in [0.3, 0.4) is 0 Å². The minimum Gasteiger partial charge on any atom is -0.498 e. The highest BCUT2D eigenvalue weighted by Crippen LogP contribution is 2.42. The number of carbonyl (C=O) groups excluding carboxylic acids is 1. The third kappa shape index (κ3) is 1.73. The van der Waals surface area contributed by atoms with Gasteiger partial charge in [0.15, 0.2) is 0 Å². The number of likely N-dealkylation sites (tertiary alicyclic amines) is 1. The molecule has 17 heavy (non-hydrogen) atoms. The van der Waals surface area contributed by atoms with Gasteiger partial charge < -0.3 is 15.0 Å². The molecule has 0 bridgehead atoms. The van der Waals surface area contributed by atoms with Crippen molar-refractivity contribution in [3.63, 3.8) is 0 Å². The van der Waals surface area contributed by atoms with E-state index in [2.05, 4.69) is 0 Å². The van der Waals surface area contributed by atoms with E-state index in [-0.39, 0.29) is 0 Å². The maximum Gasteiger partial charge on any atom is 0.365 e. The first-order valence-electron chi connectivity index (χ1n) is 5.93. The van der Waals surface area contributed by atoms with E-state index in [0.29, 0.717) is 19.4 Å². The molecule has 0 aromatic rings. The van der Waals surface area contributed by atoms with Crippen molar-refractivity contribution in [3.8, 4) is 0 Å². The van der Waals surface area contributed by atoms with Crippen molar-refractivity contribution in [1.82, 2.24) is 0 Å². The summed E-state index contributed by atoms with van der Waals surface area (Å²) < 4.78 is -0.505. The van der Waals surface area contributed by atoms with E-state index in [9.17, 15) is 19.8 Å². The number of aliphatic carboxylic acids is 1. The molecule has 0 aromatic heterocycles. The average molecular weight is 243 g/mol. The van der Waals surface area contributed by atoms with Gasteiger partial charge in [0.05, 0.1) is 12.1 Å². The lowest BCUT2D eigenvalue weighted by molar-refractivity contribution is -0.959. The largest absolute Gasteiger partial charge is 0.498 e. The topological polar surface area (TPSA) is 77.4 Å². The molecule has 1 saturated heterocycles. The fraction of sp³-hybridized carbons (Fsp3) is 0.833. The predicted molar refractivity (Wildman–Crippen MR) is 60.2 cm³/mol. The second kappa shape index (κ2) is 3.98. The standard InChI is InChI=1S/C12H21NO4/c1-11(2,3)13(10(16)17)8-6-5-7-12(13,4)9(14)15/h5-8H2,1-4H3,(H-,14,15,16,17). The molecule has 5 nitrogen and oxygen atoms in total. The summed E-state index contributed by atoms with van der Waals surface area (Å²) in [5.74, 6) is -1.06. The first-order chi connectivity index (χ1) is 7.59. The summed E-state index contributed by atoms with van der Waals surface area (Å²) >= 11 is 0. The van der Waals surface area contributed by atoms with Gasteiger partial charge in [-0.15, -0.1) is 0 Å². The molecule has 2 unspecified atom stereocenters. The number of nitrogens with zero attached hydrogens (tertiary/aromatic N) is 1.